The van der Waals surface area contributed by atoms with Crippen LogP contribution in [0.5, 0.6) is 0 Å². The number of halogens is 1. The summed E-state index contributed by atoms with van der Waals surface area (Å²) >= 11 is 3.59. The van der Waals surface area contributed by atoms with E-state index in [9.17, 15) is 4.79 Å². The molecule has 0 bridgehead atoms. The first kappa shape index (κ1) is 14.0. The lowest BCUT2D eigenvalue weighted by molar-refractivity contribution is -0.137. The molecule has 2 aliphatic carbocycles. The van der Waals surface area contributed by atoms with Crippen molar-refractivity contribution in [2.75, 3.05) is 0 Å². The van der Waals surface area contributed by atoms with Crippen LogP contribution < -0.4 is 0 Å². The zero-order valence-electron chi connectivity index (χ0n) is 12.1. The Balaban J connectivity index is 1.64. The quantitative estimate of drug-likeness (QED) is 0.875. The van der Waals surface area contributed by atoms with E-state index >= 15 is 0 Å². The zero-order chi connectivity index (χ0) is 15.3. The molecule has 1 N–H and O–H groups in total. The molecule has 2 saturated carbocycles. The first-order valence-corrected chi connectivity index (χ1v) is 8.44. The van der Waals surface area contributed by atoms with Crippen LogP contribution in [0.3, 0.4) is 0 Å². The Hall–Kier alpha value is -1.62. The second-order valence-corrected chi connectivity index (χ2v) is 7.32. The van der Waals surface area contributed by atoms with E-state index in [0.717, 1.165) is 28.6 Å². The topological polar surface area (TPSA) is 55.1 Å². The minimum Gasteiger partial charge on any atom is -0.481 e. The number of hydrogen-bond donors (Lipinski definition) is 1. The van der Waals surface area contributed by atoms with Gasteiger partial charge in [-0.3, -0.25) is 4.79 Å². The molecule has 114 valence electrons. The molecule has 22 heavy (non-hydrogen) atoms. The second-order valence-electron chi connectivity index (χ2n) is 6.46. The van der Waals surface area contributed by atoms with Crippen LogP contribution in [0.25, 0.3) is 5.69 Å². The van der Waals surface area contributed by atoms with Crippen LogP contribution in [0.15, 0.2) is 34.9 Å². The lowest BCUT2D eigenvalue weighted by Crippen LogP contribution is -2.13. The summed E-state index contributed by atoms with van der Waals surface area (Å²) in [5.41, 5.74) is 3.30. The van der Waals surface area contributed by atoms with Crippen LogP contribution >= 0.6 is 15.9 Å². The highest BCUT2D eigenvalue weighted by molar-refractivity contribution is 9.10. The summed E-state index contributed by atoms with van der Waals surface area (Å²) in [6.45, 7) is 0. The third kappa shape index (κ3) is 2.37. The SMILES string of the molecule is O=C(O)CC1(c2ccc(-n3ncc(Br)c3C3CC3)cc2)CC1. The average molecular weight is 361 g/mol. The first-order valence-electron chi connectivity index (χ1n) is 7.65. The number of carboxylic acids is 1. The number of carboxylic acid groups (broad SMARTS) is 1. The summed E-state index contributed by atoms with van der Waals surface area (Å²) in [6.07, 6.45) is 6.48. The van der Waals surface area contributed by atoms with Gasteiger partial charge < -0.3 is 5.11 Å². The maximum absolute atomic E-state index is 11.0. The van der Waals surface area contributed by atoms with Crippen molar-refractivity contribution >= 4 is 21.9 Å². The molecule has 2 aromatic rings. The Morgan fingerprint density at radius 2 is 2.00 bits per heavy atom. The number of rotatable bonds is 5. The third-order valence-electron chi connectivity index (χ3n) is 4.79. The van der Waals surface area contributed by atoms with E-state index in [-0.39, 0.29) is 11.8 Å². The minimum absolute atomic E-state index is 0.131. The van der Waals surface area contributed by atoms with Crippen LogP contribution in [-0.4, -0.2) is 20.9 Å². The van der Waals surface area contributed by atoms with E-state index in [1.807, 2.05) is 10.9 Å². The van der Waals surface area contributed by atoms with Gasteiger partial charge in [-0.2, -0.15) is 5.10 Å². The Bertz CT molecular complexity index is 728. The summed E-state index contributed by atoms with van der Waals surface area (Å²) < 4.78 is 3.08. The van der Waals surface area contributed by atoms with Gasteiger partial charge in [-0.25, -0.2) is 4.68 Å². The molecular formula is C17H17BrN2O2. The van der Waals surface area contributed by atoms with Crippen LogP contribution in [0.2, 0.25) is 0 Å². The van der Waals surface area contributed by atoms with Gasteiger partial charge in [0.15, 0.2) is 0 Å². The Morgan fingerprint density at radius 1 is 1.32 bits per heavy atom. The molecule has 2 aliphatic rings. The number of nitrogens with zero attached hydrogens (tertiary/aromatic N) is 2. The van der Waals surface area contributed by atoms with Crippen molar-refractivity contribution < 1.29 is 9.90 Å². The van der Waals surface area contributed by atoms with Crippen LogP contribution in [-0.2, 0) is 10.2 Å². The molecule has 1 heterocycles. The smallest absolute Gasteiger partial charge is 0.304 e. The van der Waals surface area contributed by atoms with Crippen molar-refractivity contribution in [2.45, 2.75) is 43.4 Å². The third-order valence-corrected chi connectivity index (χ3v) is 5.40. The van der Waals surface area contributed by atoms with Crippen molar-refractivity contribution in [3.63, 3.8) is 0 Å². The fourth-order valence-electron chi connectivity index (χ4n) is 3.23. The maximum Gasteiger partial charge on any atom is 0.304 e. The van der Waals surface area contributed by atoms with E-state index in [2.05, 4.69) is 45.3 Å². The van der Waals surface area contributed by atoms with E-state index < -0.39 is 5.97 Å². The molecule has 1 aromatic carbocycles. The van der Waals surface area contributed by atoms with Crippen LogP contribution in [0.1, 0.15) is 49.3 Å². The summed E-state index contributed by atoms with van der Waals surface area (Å²) in [4.78, 5) is 11.0. The molecule has 0 amide bonds. The van der Waals surface area contributed by atoms with E-state index in [0.29, 0.717) is 5.92 Å². The van der Waals surface area contributed by atoms with Crippen LogP contribution in [0, 0.1) is 0 Å². The van der Waals surface area contributed by atoms with Crippen LogP contribution in [0.4, 0.5) is 0 Å². The molecule has 5 heteroatoms. The fraction of sp³-hybridized carbons (Fsp3) is 0.412. The summed E-state index contributed by atoms with van der Waals surface area (Å²) in [5.74, 6) is -0.105. The molecular weight excluding hydrogens is 344 g/mol. The van der Waals surface area contributed by atoms with Gasteiger partial charge in [0.05, 0.1) is 28.5 Å². The highest BCUT2D eigenvalue weighted by Crippen LogP contribution is 2.51. The molecule has 0 atom stereocenters. The van der Waals surface area contributed by atoms with E-state index in [1.165, 1.54) is 18.5 Å². The predicted octanol–water partition coefficient (Wildman–Crippen LogP) is 4.02. The molecule has 4 rings (SSSR count). The van der Waals surface area contributed by atoms with Gasteiger partial charge >= 0.3 is 5.97 Å². The van der Waals surface area contributed by atoms with Gasteiger partial charge in [-0.15, -0.1) is 0 Å². The van der Waals surface area contributed by atoms with Gasteiger partial charge in [0.1, 0.15) is 0 Å². The van der Waals surface area contributed by atoms with Gasteiger partial charge in [0.25, 0.3) is 0 Å². The highest BCUT2D eigenvalue weighted by Gasteiger charge is 2.45. The standard InChI is InChI=1S/C17H17BrN2O2/c18-14-10-19-20(16(14)11-1-2-11)13-5-3-12(4-6-13)17(7-8-17)9-15(21)22/h3-6,10-11H,1-2,7-9H2,(H,21,22). The van der Waals surface area contributed by atoms with Gasteiger partial charge in [0, 0.05) is 11.3 Å². The van der Waals surface area contributed by atoms with Crippen molar-refractivity contribution in [3.8, 4) is 5.69 Å². The molecule has 4 nitrogen and oxygen atoms in total. The number of aromatic nitrogens is 2. The zero-order valence-corrected chi connectivity index (χ0v) is 13.7. The second kappa shape index (κ2) is 4.95. The summed E-state index contributed by atoms with van der Waals surface area (Å²) in [6, 6.07) is 8.25. The normalized spacial score (nSPS) is 19.1. The predicted molar refractivity (Wildman–Crippen MR) is 86.4 cm³/mol. The molecule has 0 radical (unpaired) electrons. The van der Waals surface area contributed by atoms with Gasteiger partial charge in [-0.05, 0) is 59.3 Å². The first-order chi connectivity index (χ1) is 10.6. The molecule has 0 saturated heterocycles. The van der Waals surface area contributed by atoms with Crippen molar-refractivity contribution in [3.05, 3.63) is 46.2 Å². The number of benzene rings is 1. The van der Waals surface area contributed by atoms with E-state index in [1.54, 1.807) is 0 Å². The molecule has 0 aliphatic heterocycles. The summed E-state index contributed by atoms with van der Waals surface area (Å²) in [7, 11) is 0. The highest BCUT2D eigenvalue weighted by atomic mass is 79.9. The monoisotopic (exact) mass is 360 g/mol. The fourth-order valence-corrected chi connectivity index (χ4v) is 3.82. The number of aliphatic carboxylic acids is 1. The number of hydrogen-bond acceptors (Lipinski definition) is 2. The Morgan fingerprint density at radius 3 is 2.55 bits per heavy atom. The van der Waals surface area contributed by atoms with Gasteiger partial charge in [-0.1, -0.05) is 12.1 Å². The Kier molecular flexibility index (Phi) is 3.15. The minimum atomic E-state index is -0.714. The van der Waals surface area contributed by atoms with Crippen molar-refractivity contribution in [2.24, 2.45) is 0 Å². The largest absolute Gasteiger partial charge is 0.481 e. The molecule has 0 unspecified atom stereocenters. The van der Waals surface area contributed by atoms with E-state index in [4.69, 9.17) is 5.11 Å². The lowest BCUT2D eigenvalue weighted by atomic mass is 9.92. The number of carbonyl (C=O) groups is 1. The molecule has 2 fully saturated rings. The van der Waals surface area contributed by atoms with Crippen molar-refractivity contribution in [1.82, 2.24) is 9.78 Å². The van der Waals surface area contributed by atoms with Gasteiger partial charge in [0.2, 0.25) is 0 Å². The lowest BCUT2D eigenvalue weighted by Gasteiger charge is -2.14. The average Bonchev–Trinajstić information content (AvgIpc) is 3.41. The molecule has 0 spiro atoms. The molecule has 1 aromatic heterocycles. The Labute approximate surface area is 137 Å². The maximum atomic E-state index is 11.0. The summed E-state index contributed by atoms with van der Waals surface area (Å²) in [5, 5.41) is 13.5. The van der Waals surface area contributed by atoms with Crippen molar-refractivity contribution in [1.29, 1.82) is 0 Å².